The van der Waals surface area contributed by atoms with Crippen LogP contribution in [-0.4, -0.2) is 51.2 Å². The molecule has 32 heavy (non-hydrogen) atoms. The van der Waals surface area contributed by atoms with Crippen molar-refractivity contribution >= 4 is 16.5 Å². The molecule has 0 amide bonds. The minimum absolute atomic E-state index is 0.216. The fraction of sp³-hybridized carbons (Fsp3) is 0.250. The standard InChI is InChI=1S/C24H23N5O3/c1-15-20(4-3-5-22(15)32-2)16-6-7-21-17(10-16)11-27-29(23(21)31)24-25-12-18(13-26-24)28-9-8-19(30)14-28/h3-7,10-13,19,30H,8-9,14H2,1-2H3. The number of aliphatic hydroxyl groups is 1. The smallest absolute Gasteiger partial charge is 0.282 e. The van der Waals surface area contributed by atoms with Crippen LogP contribution in [0.3, 0.4) is 0 Å². The number of methoxy groups -OCH3 is 1. The highest BCUT2D eigenvalue weighted by atomic mass is 16.5. The number of β-amino-alcohol motifs (C(OH)–C–C–N with tert-alkyl or cyclic N) is 1. The number of ether oxygens (including phenoxy) is 1. The highest BCUT2D eigenvalue weighted by Crippen LogP contribution is 2.31. The van der Waals surface area contributed by atoms with Crippen molar-refractivity contribution in [2.45, 2.75) is 19.4 Å². The molecular weight excluding hydrogens is 406 g/mol. The summed E-state index contributed by atoms with van der Waals surface area (Å²) in [6, 6.07) is 11.6. The van der Waals surface area contributed by atoms with Gasteiger partial charge in [0.1, 0.15) is 5.75 Å². The van der Waals surface area contributed by atoms with E-state index < -0.39 is 0 Å². The molecule has 1 aliphatic rings. The maximum Gasteiger partial charge on any atom is 0.282 e. The predicted octanol–water partition coefficient (Wildman–Crippen LogP) is 2.73. The van der Waals surface area contributed by atoms with E-state index in [1.165, 1.54) is 4.68 Å². The number of aromatic nitrogens is 4. The van der Waals surface area contributed by atoms with Crippen molar-refractivity contribution < 1.29 is 9.84 Å². The van der Waals surface area contributed by atoms with Gasteiger partial charge in [-0.3, -0.25) is 4.79 Å². The van der Waals surface area contributed by atoms with E-state index >= 15 is 0 Å². The van der Waals surface area contributed by atoms with Gasteiger partial charge in [0.2, 0.25) is 0 Å². The zero-order valence-electron chi connectivity index (χ0n) is 17.9. The van der Waals surface area contributed by atoms with Gasteiger partial charge in [0.25, 0.3) is 11.5 Å². The van der Waals surface area contributed by atoms with Crippen LogP contribution in [0.1, 0.15) is 12.0 Å². The summed E-state index contributed by atoms with van der Waals surface area (Å²) in [7, 11) is 1.65. The molecule has 0 bridgehead atoms. The molecule has 3 heterocycles. The minimum Gasteiger partial charge on any atom is -0.496 e. The number of aliphatic hydroxyl groups excluding tert-OH is 1. The van der Waals surface area contributed by atoms with Crippen LogP contribution >= 0.6 is 0 Å². The van der Waals surface area contributed by atoms with Crippen molar-refractivity contribution in [3.63, 3.8) is 0 Å². The molecule has 4 aromatic rings. The Labute approximate surface area is 184 Å². The van der Waals surface area contributed by atoms with Crippen molar-refractivity contribution in [3.8, 4) is 22.8 Å². The molecule has 1 aliphatic heterocycles. The summed E-state index contributed by atoms with van der Waals surface area (Å²) < 4.78 is 6.64. The summed E-state index contributed by atoms with van der Waals surface area (Å²) in [4.78, 5) is 23.8. The van der Waals surface area contributed by atoms with E-state index in [9.17, 15) is 9.90 Å². The van der Waals surface area contributed by atoms with Gasteiger partial charge < -0.3 is 14.7 Å². The second-order valence-corrected chi connectivity index (χ2v) is 7.93. The first kappa shape index (κ1) is 20.1. The van der Waals surface area contributed by atoms with Crippen molar-refractivity contribution in [3.05, 3.63) is 70.9 Å². The Hall–Kier alpha value is -3.78. The van der Waals surface area contributed by atoms with Gasteiger partial charge in [-0.15, -0.1) is 0 Å². The van der Waals surface area contributed by atoms with E-state index in [2.05, 4.69) is 15.1 Å². The first-order valence-electron chi connectivity index (χ1n) is 10.5. The Morgan fingerprint density at radius 1 is 1.12 bits per heavy atom. The Morgan fingerprint density at radius 3 is 2.66 bits per heavy atom. The van der Waals surface area contributed by atoms with Gasteiger partial charge in [-0.2, -0.15) is 9.78 Å². The summed E-state index contributed by atoms with van der Waals surface area (Å²) in [5.74, 6) is 1.04. The van der Waals surface area contributed by atoms with Gasteiger partial charge in [-0.05, 0) is 48.2 Å². The number of hydrogen-bond donors (Lipinski definition) is 1. The number of benzene rings is 2. The molecule has 162 valence electrons. The lowest BCUT2D eigenvalue weighted by Gasteiger charge is -2.16. The van der Waals surface area contributed by atoms with Gasteiger partial charge in [0.15, 0.2) is 0 Å². The monoisotopic (exact) mass is 429 g/mol. The first-order chi connectivity index (χ1) is 15.5. The third kappa shape index (κ3) is 3.48. The van der Waals surface area contributed by atoms with Crippen molar-refractivity contribution in [2.24, 2.45) is 0 Å². The lowest BCUT2D eigenvalue weighted by Crippen LogP contribution is -2.24. The Kier molecular flexibility index (Phi) is 5.07. The van der Waals surface area contributed by atoms with Gasteiger partial charge in [-0.1, -0.05) is 18.2 Å². The molecule has 1 saturated heterocycles. The molecule has 1 atom stereocenters. The highest BCUT2D eigenvalue weighted by molar-refractivity contribution is 5.87. The molecule has 1 N–H and O–H groups in total. The second-order valence-electron chi connectivity index (χ2n) is 7.93. The molecule has 8 nitrogen and oxygen atoms in total. The number of fused-ring (bicyclic) bond motifs is 1. The van der Waals surface area contributed by atoms with Crippen LogP contribution in [0.15, 0.2) is 59.8 Å². The van der Waals surface area contributed by atoms with E-state index in [1.54, 1.807) is 25.7 Å². The number of hydrogen-bond acceptors (Lipinski definition) is 7. The average Bonchev–Trinajstić information content (AvgIpc) is 3.26. The summed E-state index contributed by atoms with van der Waals surface area (Å²) >= 11 is 0. The molecular formula is C24H23N5O3. The Morgan fingerprint density at radius 2 is 1.94 bits per heavy atom. The zero-order chi connectivity index (χ0) is 22.2. The third-order valence-electron chi connectivity index (χ3n) is 5.94. The second kappa shape index (κ2) is 8.05. The van der Waals surface area contributed by atoms with Gasteiger partial charge in [0.05, 0.1) is 42.9 Å². The summed E-state index contributed by atoms with van der Waals surface area (Å²) in [6.07, 6.45) is 5.38. The molecule has 0 spiro atoms. The van der Waals surface area contributed by atoms with Gasteiger partial charge in [-0.25, -0.2) is 9.97 Å². The van der Waals surface area contributed by atoms with E-state index in [-0.39, 0.29) is 17.6 Å². The largest absolute Gasteiger partial charge is 0.496 e. The molecule has 8 heteroatoms. The molecule has 2 aromatic carbocycles. The number of nitrogens with zero attached hydrogens (tertiary/aromatic N) is 5. The van der Waals surface area contributed by atoms with E-state index in [1.807, 2.05) is 48.2 Å². The van der Waals surface area contributed by atoms with Gasteiger partial charge in [0, 0.05) is 18.5 Å². The van der Waals surface area contributed by atoms with Crippen molar-refractivity contribution in [1.29, 1.82) is 0 Å². The molecule has 1 unspecified atom stereocenters. The minimum atomic E-state index is -0.329. The molecule has 0 radical (unpaired) electrons. The zero-order valence-corrected chi connectivity index (χ0v) is 17.9. The summed E-state index contributed by atoms with van der Waals surface area (Å²) in [6.45, 7) is 3.33. The Bertz CT molecular complexity index is 1350. The predicted molar refractivity (Wildman–Crippen MR) is 122 cm³/mol. The molecule has 0 aliphatic carbocycles. The lowest BCUT2D eigenvalue weighted by atomic mass is 9.98. The van der Waals surface area contributed by atoms with Crippen LogP contribution < -0.4 is 15.2 Å². The van der Waals surface area contributed by atoms with Crippen molar-refractivity contribution in [1.82, 2.24) is 19.7 Å². The molecule has 2 aromatic heterocycles. The summed E-state index contributed by atoms with van der Waals surface area (Å²) in [5.41, 5.74) is 3.61. The van der Waals surface area contributed by atoms with Crippen LogP contribution in [0.2, 0.25) is 0 Å². The van der Waals surface area contributed by atoms with E-state index in [0.717, 1.165) is 46.5 Å². The lowest BCUT2D eigenvalue weighted by molar-refractivity contribution is 0.198. The maximum absolute atomic E-state index is 13.1. The SMILES string of the molecule is COc1cccc(-c2ccc3c(=O)n(-c4ncc(N5CCC(O)C5)cn4)ncc3c2)c1C. The van der Waals surface area contributed by atoms with Crippen LogP contribution in [0.4, 0.5) is 5.69 Å². The fourth-order valence-electron chi connectivity index (χ4n) is 4.17. The van der Waals surface area contributed by atoms with Crippen LogP contribution in [0.5, 0.6) is 5.75 Å². The summed E-state index contributed by atoms with van der Waals surface area (Å²) in [5, 5.41) is 15.3. The third-order valence-corrected chi connectivity index (χ3v) is 5.94. The topological polar surface area (TPSA) is 93.4 Å². The van der Waals surface area contributed by atoms with Crippen molar-refractivity contribution in [2.75, 3.05) is 25.1 Å². The average molecular weight is 429 g/mol. The van der Waals surface area contributed by atoms with E-state index in [0.29, 0.717) is 11.9 Å². The molecule has 1 fully saturated rings. The van der Waals surface area contributed by atoms with Crippen LogP contribution in [0.25, 0.3) is 27.8 Å². The quantitative estimate of drug-likeness (QED) is 0.533. The Balaban J connectivity index is 1.50. The maximum atomic E-state index is 13.1. The first-order valence-corrected chi connectivity index (χ1v) is 10.5. The fourth-order valence-corrected chi connectivity index (χ4v) is 4.17. The number of rotatable bonds is 4. The van der Waals surface area contributed by atoms with E-state index in [4.69, 9.17) is 4.74 Å². The highest BCUT2D eigenvalue weighted by Gasteiger charge is 2.21. The van der Waals surface area contributed by atoms with Crippen LogP contribution in [-0.2, 0) is 0 Å². The molecule has 5 rings (SSSR count). The van der Waals surface area contributed by atoms with Crippen LogP contribution in [0, 0.1) is 6.92 Å². The normalized spacial score (nSPS) is 16.0. The molecule has 0 saturated carbocycles. The van der Waals surface area contributed by atoms with Gasteiger partial charge >= 0.3 is 0 Å². The number of anilines is 1.